The summed E-state index contributed by atoms with van der Waals surface area (Å²) in [5, 5.41) is 8.77. The normalized spacial score (nSPS) is 37.3. The summed E-state index contributed by atoms with van der Waals surface area (Å²) >= 11 is 0. The highest BCUT2D eigenvalue weighted by Gasteiger charge is 2.54. The van der Waals surface area contributed by atoms with Crippen molar-refractivity contribution in [1.29, 1.82) is 0 Å². The van der Waals surface area contributed by atoms with Gasteiger partial charge in [-0.25, -0.2) is 0 Å². The summed E-state index contributed by atoms with van der Waals surface area (Å²) in [6, 6.07) is 0. The second-order valence-electron chi connectivity index (χ2n) is 3.09. The molecule has 10 heavy (non-hydrogen) atoms. The number of carbonyl (C=O) groups excluding carboxylic acids is 1. The Kier molecular flexibility index (Phi) is 1.68. The van der Waals surface area contributed by atoms with Crippen LogP contribution < -0.4 is 0 Å². The van der Waals surface area contributed by atoms with Crippen molar-refractivity contribution in [3.05, 3.63) is 0 Å². The van der Waals surface area contributed by atoms with Gasteiger partial charge in [-0.15, -0.1) is 0 Å². The van der Waals surface area contributed by atoms with Gasteiger partial charge in [0.25, 0.3) is 0 Å². The molecule has 0 spiro atoms. The van der Waals surface area contributed by atoms with Gasteiger partial charge in [0, 0.05) is 12.0 Å². The molecule has 1 saturated carbocycles. The van der Waals surface area contributed by atoms with Gasteiger partial charge < -0.3 is 9.84 Å². The number of ether oxygens (including phenoxy) is 1. The maximum Gasteiger partial charge on any atom is 0.309 e. The molecule has 1 aliphatic rings. The van der Waals surface area contributed by atoms with Crippen LogP contribution in [0.2, 0.25) is 0 Å². The first kappa shape index (κ1) is 7.54. The minimum Gasteiger partial charge on any atom is -0.469 e. The molecule has 1 fully saturated rings. The van der Waals surface area contributed by atoms with E-state index in [4.69, 9.17) is 5.11 Å². The van der Waals surface area contributed by atoms with E-state index in [1.54, 1.807) is 0 Å². The third kappa shape index (κ3) is 1.01. The van der Waals surface area contributed by atoms with E-state index in [9.17, 15) is 4.79 Å². The minimum atomic E-state index is -0.198. The zero-order chi connectivity index (χ0) is 7.78. The second kappa shape index (κ2) is 2.23. The number of carbonyl (C=O) groups is 1. The molecule has 1 rings (SSSR count). The molecule has 0 heterocycles. The maximum atomic E-state index is 10.8. The highest BCUT2D eigenvalue weighted by molar-refractivity contribution is 5.76. The Balaban J connectivity index is 2.44. The Bertz CT molecular complexity index is 155. The third-order valence-corrected chi connectivity index (χ3v) is 2.20. The zero-order valence-electron chi connectivity index (χ0n) is 6.26. The maximum absolute atomic E-state index is 10.8. The van der Waals surface area contributed by atoms with E-state index in [2.05, 4.69) is 4.74 Å². The largest absolute Gasteiger partial charge is 0.469 e. The molecule has 0 saturated heterocycles. The molecular formula is C7H12O3. The second-order valence-corrected chi connectivity index (χ2v) is 3.09. The average molecular weight is 144 g/mol. The van der Waals surface area contributed by atoms with Gasteiger partial charge in [0.05, 0.1) is 13.0 Å². The van der Waals surface area contributed by atoms with Crippen LogP contribution in [0.1, 0.15) is 13.3 Å². The molecule has 0 unspecified atom stereocenters. The summed E-state index contributed by atoms with van der Waals surface area (Å²) in [7, 11) is 1.37. The first-order valence-electron chi connectivity index (χ1n) is 3.33. The quantitative estimate of drug-likeness (QED) is 0.562. The Hall–Kier alpha value is -0.570. The van der Waals surface area contributed by atoms with Gasteiger partial charge >= 0.3 is 5.97 Å². The number of hydrogen-bond donors (Lipinski definition) is 1. The fourth-order valence-corrected chi connectivity index (χ4v) is 1.09. The summed E-state index contributed by atoms with van der Waals surface area (Å²) in [6.45, 7) is 1.96. The number of hydrogen-bond acceptors (Lipinski definition) is 3. The van der Waals surface area contributed by atoms with Gasteiger partial charge in [-0.1, -0.05) is 6.92 Å². The number of methoxy groups -OCH3 is 1. The van der Waals surface area contributed by atoms with Gasteiger partial charge in [0.1, 0.15) is 0 Å². The summed E-state index contributed by atoms with van der Waals surface area (Å²) in [5.41, 5.74) is -0.187. The third-order valence-electron chi connectivity index (χ3n) is 2.20. The zero-order valence-corrected chi connectivity index (χ0v) is 6.26. The van der Waals surface area contributed by atoms with Crippen LogP contribution in [0, 0.1) is 11.3 Å². The van der Waals surface area contributed by atoms with Gasteiger partial charge in [0.2, 0.25) is 0 Å². The van der Waals surface area contributed by atoms with E-state index in [0.717, 1.165) is 6.42 Å². The van der Waals surface area contributed by atoms with Crippen LogP contribution in [-0.2, 0) is 9.53 Å². The Labute approximate surface area is 60.0 Å². The van der Waals surface area contributed by atoms with Crippen LogP contribution in [0.3, 0.4) is 0 Å². The van der Waals surface area contributed by atoms with E-state index < -0.39 is 0 Å². The molecule has 3 heteroatoms. The Morgan fingerprint density at radius 3 is 2.80 bits per heavy atom. The molecule has 0 radical (unpaired) electrons. The molecule has 0 aliphatic heterocycles. The summed E-state index contributed by atoms with van der Waals surface area (Å²) in [5.74, 6) is -0.265. The predicted molar refractivity (Wildman–Crippen MR) is 35.3 cm³/mol. The van der Waals surface area contributed by atoms with E-state index >= 15 is 0 Å². The first-order chi connectivity index (χ1) is 4.64. The highest BCUT2D eigenvalue weighted by atomic mass is 16.5. The van der Waals surface area contributed by atoms with Gasteiger partial charge in [-0.3, -0.25) is 4.79 Å². The lowest BCUT2D eigenvalue weighted by molar-refractivity contribution is -0.143. The van der Waals surface area contributed by atoms with Crippen molar-refractivity contribution in [2.24, 2.45) is 11.3 Å². The topological polar surface area (TPSA) is 46.5 Å². The molecule has 0 aromatic heterocycles. The van der Waals surface area contributed by atoms with Crippen molar-refractivity contribution >= 4 is 5.97 Å². The highest BCUT2D eigenvalue weighted by Crippen LogP contribution is 2.52. The standard InChI is InChI=1S/C7H12O3/c1-7(4-8)3-5(7)6(9)10-2/h5,8H,3-4H2,1-2H3/t5-,7+/m0/s1. The summed E-state index contributed by atoms with van der Waals surface area (Å²) in [4.78, 5) is 10.8. The van der Waals surface area contributed by atoms with Gasteiger partial charge in [-0.05, 0) is 6.42 Å². The smallest absolute Gasteiger partial charge is 0.309 e. The molecule has 0 aromatic carbocycles. The van der Waals surface area contributed by atoms with Crippen molar-refractivity contribution in [2.75, 3.05) is 13.7 Å². The predicted octanol–water partition coefficient (Wildman–Crippen LogP) is 0.178. The Morgan fingerprint density at radius 1 is 1.90 bits per heavy atom. The fourth-order valence-electron chi connectivity index (χ4n) is 1.09. The first-order valence-corrected chi connectivity index (χ1v) is 3.33. The van der Waals surface area contributed by atoms with Crippen LogP contribution in [0.25, 0.3) is 0 Å². The average Bonchev–Trinajstić information content (AvgIpc) is 2.62. The monoisotopic (exact) mass is 144 g/mol. The summed E-state index contributed by atoms with van der Waals surface area (Å²) < 4.78 is 4.52. The molecule has 1 aliphatic carbocycles. The van der Waals surface area contributed by atoms with Gasteiger partial charge in [0.15, 0.2) is 0 Å². The van der Waals surface area contributed by atoms with Crippen LogP contribution in [0.15, 0.2) is 0 Å². The molecule has 0 aromatic rings. The number of aliphatic hydroxyl groups excluding tert-OH is 1. The van der Waals surface area contributed by atoms with Crippen molar-refractivity contribution < 1.29 is 14.6 Å². The van der Waals surface area contributed by atoms with E-state index in [-0.39, 0.29) is 23.9 Å². The molecule has 0 bridgehead atoms. The summed E-state index contributed by atoms with van der Waals surface area (Å²) in [6.07, 6.45) is 0.760. The van der Waals surface area contributed by atoms with Crippen molar-refractivity contribution in [1.82, 2.24) is 0 Å². The lowest BCUT2D eigenvalue weighted by Gasteiger charge is -2.03. The molecule has 3 nitrogen and oxygen atoms in total. The number of rotatable bonds is 2. The van der Waals surface area contributed by atoms with E-state index in [0.29, 0.717) is 0 Å². The molecule has 1 N–H and O–H groups in total. The molecule has 58 valence electrons. The molecule has 2 atom stereocenters. The molecular weight excluding hydrogens is 132 g/mol. The number of esters is 1. The van der Waals surface area contributed by atoms with E-state index in [1.807, 2.05) is 6.92 Å². The van der Waals surface area contributed by atoms with Crippen LogP contribution in [0.5, 0.6) is 0 Å². The van der Waals surface area contributed by atoms with Gasteiger partial charge in [-0.2, -0.15) is 0 Å². The van der Waals surface area contributed by atoms with Crippen LogP contribution >= 0.6 is 0 Å². The van der Waals surface area contributed by atoms with Crippen molar-refractivity contribution in [3.63, 3.8) is 0 Å². The lowest BCUT2D eigenvalue weighted by Crippen LogP contribution is -2.12. The molecule has 0 amide bonds. The fraction of sp³-hybridized carbons (Fsp3) is 0.857. The Morgan fingerprint density at radius 2 is 2.50 bits per heavy atom. The number of aliphatic hydroxyl groups is 1. The van der Waals surface area contributed by atoms with Crippen LogP contribution in [0.4, 0.5) is 0 Å². The van der Waals surface area contributed by atoms with E-state index in [1.165, 1.54) is 7.11 Å². The van der Waals surface area contributed by atoms with Crippen molar-refractivity contribution in [2.45, 2.75) is 13.3 Å². The van der Waals surface area contributed by atoms with Crippen LogP contribution in [-0.4, -0.2) is 24.8 Å². The lowest BCUT2D eigenvalue weighted by atomic mass is 10.1. The SMILES string of the molecule is COC(=O)[C@@H]1C[C@]1(C)CO. The van der Waals surface area contributed by atoms with Crippen molar-refractivity contribution in [3.8, 4) is 0 Å². The minimum absolute atomic E-state index is 0.0671.